The molecule has 0 saturated heterocycles. The van der Waals surface area contributed by atoms with Gasteiger partial charge in [-0.15, -0.1) is 0 Å². The Morgan fingerprint density at radius 2 is 1.53 bits per heavy atom. The van der Waals surface area contributed by atoms with Crippen LogP contribution in [0.5, 0.6) is 0 Å². The number of carbonyl (C=O) groups excluding carboxylic acids is 1. The molecule has 0 radical (unpaired) electrons. The second kappa shape index (κ2) is 8.70. The topological polar surface area (TPSA) is 46.9 Å². The molecule has 0 spiro atoms. The van der Waals surface area contributed by atoms with Crippen LogP contribution in [0.15, 0.2) is 91.4 Å². The van der Waals surface area contributed by atoms with E-state index in [2.05, 4.69) is 10.3 Å². The molecule has 4 aromatic rings. The second-order valence-electron chi connectivity index (χ2n) is 7.43. The van der Waals surface area contributed by atoms with E-state index in [0.29, 0.717) is 5.69 Å². The van der Waals surface area contributed by atoms with Crippen molar-refractivity contribution in [3.63, 3.8) is 0 Å². The summed E-state index contributed by atoms with van der Waals surface area (Å²) in [5.41, 5.74) is 1.62. The predicted octanol–water partition coefficient (Wildman–Crippen LogP) is 5.97. The van der Waals surface area contributed by atoms with Gasteiger partial charge in [-0.1, -0.05) is 60.7 Å². The van der Waals surface area contributed by atoms with Gasteiger partial charge in [-0.2, -0.15) is 13.2 Å². The Morgan fingerprint density at radius 1 is 0.938 bits per heavy atom. The van der Waals surface area contributed by atoms with Gasteiger partial charge < -0.3 is 9.88 Å². The number of rotatable bonds is 5. The molecule has 0 atom stereocenters. The smallest absolute Gasteiger partial charge is 0.325 e. The third kappa shape index (κ3) is 4.72. The SMILES string of the molecule is Cc1cn(-c2cc(NC(=O)C(c3ccccc3)c3ccccc3)cc(C(F)(F)F)c2)cn1. The molecule has 0 aliphatic heterocycles. The summed E-state index contributed by atoms with van der Waals surface area (Å²) in [6.45, 7) is 1.75. The van der Waals surface area contributed by atoms with Crippen molar-refractivity contribution < 1.29 is 18.0 Å². The number of amides is 1. The number of benzene rings is 3. The van der Waals surface area contributed by atoms with Crippen LogP contribution in [-0.2, 0) is 11.0 Å². The summed E-state index contributed by atoms with van der Waals surface area (Å²) < 4.78 is 42.2. The molecular weight excluding hydrogens is 415 g/mol. The van der Waals surface area contributed by atoms with Gasteiger partial charge in [-0.05, 0) is 36.2 Å². The monoisotopic (exact) mass is 435 g/mol. The summed E-state index contributed by atoms with van der Waals surface area (Å²) in [7, 11) is 0. The summed E-state index contributed by atoms with van der Waals surface area (Å²) in [6.07, 6.45) is -1.51. The highest BCUT2D eigenvalue weighted by Crippen LogP contribution is 2.34. The molecule has 7 heteroatoms. The number of aryl methyl sites for hydroxylation is 1. The first-order chi connectivity index (χ1) is 15.3. The summed E-state index contributed by atoms with van der Waals surface area (Å²) >= 11 is 0. The van der Waals surface area contributed by atoms with E-state index < -0.39 is 23.6 Å². The first-order valence-corrected chi connectivity index (χ1v) is 9.95. The van der Waals surface area contributed by atoms with Gasteiger partial charge in [-0.25, -0.2) is 4.98 Å². The van der Waals surface area contributed by atoms with Crippen LogP contribution in [0.3, 0.4) is 0 Å². The Kier molecular flexibility index (Phi) is 5.81. The number of nitrogens with zero attached hydrogens (tertiary/aromatic N) is 2. The summed E-state index contributed by atoms with van der Waals surface area (Å²) in [5, 5.41) is 2.70. The maximum Gasteiger partial charge on any atom is 0.416 e. The number of imidazole rings is 1. The van der Waals surface area contributed by atoms with E-state index >= 15 is 0 Å². The lowest BCUT2D eigenvalue weighted by molar-refractivity contribution is -0.137. The van der Waals surface area contributed by atoms with Crippen LogP contribution in [0.1, 0.15) is 28.3 Å². The van der Waals surface area contributed by atoms with Gasteiger partial charge in [0, 0.05) is 17.6 Å². The summed E-state index contributed by atoms with van der Waals surface area (Å²) in [5.74, 6) is -1.10. The minimum atomic E-state index is -4.57. The predicted molar refractivity (Wildman–Crippen MR) is 117 cm³/mol. The molecule has 162 valence electrons. The van der Waals surface area contributed by atoms with E-state index in [1.54, 1.807) is 13.1 Å². The van der Waals surface area contributed by atoms with Crippen LogP contribution < -0.4 is 5.32 Å². The number of hydrogen-bond donors (Lipinski definition) is 1. The fourth-order valence-corrected chi connectivity index (χ4v) is 3.56. The standard InChI is InChI=1S/C25H20F3N3O/c1-17-15-31(16-29-17)22-13-20(25(26,27)28)12-21(14-22)30-24(32)23(18-8-4-2-5-9-18)19-10-6-3-7-11-19/h2-16,23H,1H3,(H,30,32). The lowest BCUT2D eigenvalue weighted by Gasteiger charge is -2.19. The minimum absolute atomic E-state index is 0.0584. The zero-order valence-electron chi connectivity index (χ0n) is 17.2. The van der Waals surface area contributed by atoms with E-state index in [1.807, 2.05) is 60.7 Å². The number of nitrogens with one attached hydrogen (secondary N) is 1. The van der Waals surface area contributed by atoms with Gasteiger partial charge in [-0.3, -0.25) is 4.79 Å². The normalized spacial score (nSPS) is 11.5. The van der Waals surface area contributed by atoms with E-state index in [-0.39, 0.29) is 11.4 Å². The molecule has 0 unspecified atom stereocenters. The minimum Gasteiger partial charge on any atom is -0.325 e. The Balaban J connectivity index is 1.73. The van der Waals surface area contributed by atoms with Crippen LogP contribution >= 0.6 is 0 Å². The Labute approximate surface area is 183 Å². The molecule has 4 rings (SSSR count). The van der Waals surface area contributed by atoms with Gasteiger partial charge in [0.2, 0.25) is 5.91 Å². The molecule has 0 aliphatic rings. The van der Waals surface area contributed by atoms with Crippen molar-refractivity contribution in [2.45, 2.75) is 19.0 Å². The molecule has 4 nitrogen and oxygen atoms in total. The molecule has 1 amide bonds. The van der Waals surface area contributed by atoms with Gasteiger partial charge >= 0.3 is 6.18 Å². The fourth-order valence-electron chi connectivity index (χ4n) is 3.56. The third-order valence-corrected chi connectivity index (χ3v) is 5.05. The van der Waals surface area contributed by atoms with Gasteiger partial charge in [0.15, 0.2) is 0 Å². The van der Waals surface area contributed by atoms with Crippen LogP contribution in [0.25, 0.3) is 5.69 Å². The van der Waals surface area contributed by atoms with Crippen molar-refractivity contribution in [3.8, 4) is 5.69 Å². The van der Waals surface area contributed by atoms with Gasteiger partial charge in [0.25, 0.3) is 0 Å². The summed E-state index contributed by atoms with van der Waals surface area (Å²) in [4.78, 5) is 17.4. The van der Waals surface area contributed by atoms with Crippen molar-refractivity contribution in [2.75, 3.05) is 5.32 Å². The van der Waals surface area contributed by atoms with E-state index in [4.69, 9.17) is 0 Å². The number of hydrogen-bond acceptors (Lipinski definition) is 2. The third-order valence-electron chi connectivity index (χ3n) is 5.05. The average molecular weight is 435 g/mol. The number of carbonyl (C=O) groups is 1. The molecule has 0 saturated carbocycles. The fraction of sp³-hybridized carbons (Fsp3) is 0.120. The highest BCUT2D eigenvalue weighted by molar-refractivity contribution is 5.98. The molecule has 32 heavy (non-hydrogen) atoms. The van der Waals surface area contributed by atoms with E-state index in [0.717, 1.165) is 23.3 Å². The van der Waals surface area contributed by atoms with Crippen molar-refractivity contribution >= 4 is 11.6 Å². The zero-order chi connectivity index (χ0) is 22.7. The lowest BCUT2D eigenvalue weighted by atomic mass is 9.90. The van der Waals surface area contributed by atoms with Crippen LogP contribution in [0.4, 0.5) is 18.9 Å². The first-order valence-electron chi connectivity index (χ1n) is 9.95. The van der Waals surface area contributed by atoms with Crippen LogP contribution in [0.2, 0.25) is 0 Å². The zero-order valence-corrected chi connectivity index (χ0v) is 17.2. The second-order valence-corrected chi connectivity index (χ2v) is 7.43. The number of aromatic nitrogens is 2. The molecule has 0 aliphatic carbocycles. The highest BCUT2D eigenvalue weighted by Gasteiger charge is 2.32. The van der Waals surface area contributed by atoms with E-state index in [1.165, 1.54) is 17.0 Å². The Hall–Kier alpha value is -3.87. The largest absolute Gasteiger partial charge is 0.416 e. The molecule has 0 fully saturated rings. The maximum absolute atomic E-state index is 13.6. The van der Waals surface area contributed by atoms with Crippen molar-refractivity contribution in [2.24, 2.45) is 0 Å². The van der Waals surface area contributed by atoms with Crippen molar-refractivity contribution in [1.29, 1.82) is 0 Å². The van der Waals surface area contributed by atoms with Crippen LogP contribution in [-0.4, -0.2) is 15.5 Å². The lowest BCUT2D eigenvalue weighted by Crippen LogP contribution is -2.22. The molecule has 0 bridgehead atoms. The molecule has 1 N–H and O–H groups in total. The molecule has 3 aromatic carbocycles. The van der Waals surface area contributed by atoms with Gasteiger partial charge in [0.1, 0.15) is 0 Å². The quantitative estimate of drug-likeness (QED) is 0.420. The highest BCUT2D eigenvalue weighted by atomic mass is 19.4. The maximum atomic E-state index is 13.6. The summed E-state index contributed by atoms with van der Waals surface area (Å²) in [6, 6.07) is 21.7. The first kappa shape index (κ1) is 21.4. The number of alkyl halides is 3. The van der Waals surface area contributed by atoms with Gasteiger partial charge in [0.05, 0.1) is 23.5 Å². The van der Waals surface area contributed by atoms with E-state index in [9.17, 15) is 18.0 Å². The molecular formula is C25H20F3N3O. The van der Waals surface area contributed by atoms with Crippen molar-refractivity contribution in [1.82, 2.24) is 9.55 Å². The molecule has 1 heterocycles. The van der Waals surface area contributed by atoms with Crippen molar-refractivity contribution in [3.05, 3.63) is 114 Å². The average Bonchev–Trinajstić information content (AvgIpc) is 3.21. The molecule has 1 aromatic heterocycles. The number of anilines is 1. The Bertz CT molecular complexity index is 1180. The Morgan fingerprint density at radius 3 is 2.03 bits per heavy atom. The number of halogens is 3. The van der Waals surface area contributed by atoms with Crippen LogP contribution in [0, 0.1) is 6.92 Å².